The van der Waals surface area contributed by atoms with Crippen LogP contribution in [0.4, 0.5) is 10.8 Å². The van der Waals surface area contributed by atoms with E-state index in [9.17, 15) is 9.59 Å². The molecule has 1 aromatic heterocycles. The van der Waals surface area contributed by atoms with Crippen LogP contribution in [0.15, 0.2) is 60.0 Å². The summed E-state index contributed by atoms with van der Waals surface area (Å²) in [6.45, 7) is 6.82. The molecule has 10 heteroatoms. The number of rotatable bonds is 10. The molecule has 0 radical (unpaired) electrons. The monoisotopic (exact) mass is 552 g/mol. The zero-order valence-corrected chi connectivity index (χ0v) is 23.1. The summed E-state index contributed by atoms with van der Waals surface area (Å²) in [5.41, 5.74) is 8.56. The molecule has 3 rings (SSSR count). The van der Waals surface area contributed by atoms with Crippen molar-refractivity contribution in [3.05, 3.63) is 76.8 Å². The number of nitrogens with one attached hydrogen (secondary N) is 2. The van der Waals surface area contributed by atoms with Crippen LogP contribution < -0.4 is 16.4 Å². The SMILES string of the molecule is CC(C)(C)C(=O)O[C@@H](CNCCc1ccc(NC(=O)Cc2csc(N)n2)cc1)c1ccccc1.Cl.Cl. The molecule has 0 spiro atoms. The molecular weight excluding hydrogens is 519 g/mol. The molecule has 4 N–H and O–H groups in total. The number of hydrogen-bond acceptors (Lipinski definition) is 7. The minimum Gasteiger partial charge on any atom is -0.456 e. The van der Waals surface area contributed by atoms with Crippen molar-refractivity contribution in [2.24, 2.45) is 5.41 Å². The summed E-state index contributed by atoms with van der Waals surface area (Å²) in [6, 6.07) is 17.5. The smallest absolute Gasteiger partial charge is 0.311 e. The number of nitrogens with two attached hydrogens (primary N) is 1. The summed E-state index contributed by atoms with van der Waals surface area (Å²) < 4.78 is 5.80. The first-order valence-electron chi connectivity index (χ1n) is 11.3. The Morgan fingerprint density at radius 2 is 1.72 bits per heavy atom. The lowest BCUT2D eigenvalue weighted by atomic mass is 9.97. The van der Waals surface area contributed by atoms with Gasteiger partial charge in [-0.05, 0) is 57.0 Å². The van der Waals surface area contributed by atoms with Gasteiger partial charge in [0.15, 0.2) is 5.13 Å². The number of thiazole rings is 1. The lowest BCUT2D eigenvalue weighted by Crippen LogP contribution is -2.31. The van der Waals surface area contributed by atoms with E-state index in [0.717, 1.165) is 29.8 Å². The Balaban J connectivity index is 0.00000324. The van der Waals surface area contributed by atoms with E-state index < -0.39 is 5.41 Å². The van der Waals surface area contributed by atoms with Crippen molar-refractivity contribution in [1.29, 1.82) is 0 Å². The highest BCUT2D eigenvalue weighted by Gasteiger charge is 2.27. The number of halogens is 2. The molecule has 0 fully saturated rings. The first kappa shape index (κ1) is 31.4. The molecule has 7 nitrogen and oxygen atoms in total. The second-order valence-corrected chi connectivity index (χ2v) is 10.00. The summed E-state index contributed by atoms with van der Waals surface area (Å²) >= 11 is 1.32. The quantitative estimate of drug-likeness (QED) is 0.235. The van der Waals surface area contributed by atoms with E-state index in [-0.39, 0.29) is 49.2 Å². The van der Waals surface area contributed by atoms with Gasteiger partial charge in [-0.1, -0.05) is 42.5 Å². The van der Waals surface area contributed by atoms with Crippen molar-refractivity contribution >= 4 is 58.8 Å². The van der Waals surface area contributed by atoms with Crippen LogP contribution >= 0.6 is 36.2 Å². The normalized spacial score (nSPS) is 11.5. The van der Waals surface area contributed by atoms with Gasteiger partial charge in [0, 0.05) is 17.6 Å². The van der Waals surface area contributed by atoms with Gasteiger partial charge in [0.1, 0.15) is 6.10 Å². The maximum Gasteiger partial charge on any atom is 0.311 e. The number of carbonyl (C=O) groups excluding carboxylic acids is 2. The third-order valence-electron chi connectivity index (χ3n) is 5.10. The number of nitrogen functional groups attached to an aromatic ring is 1. The van der Waals surface area contributed by atoms with Gasteiger partial charge in [-0.2, -0.15) is 0 Å². The Morgan fingerprint density at radius 1 is 1.06 bits per heavy atom. The highest BCUT2D eigenvalue weighted by Crippen LogP contribution is 2.23. The van der Waals surface area contributed by atoms with Gasteiger partial charge in [0.05, 0.1) is 17.5 Å². The minimum atomic E-state index is -0.558. The van der Waals surface area contributed by atoms with Gasteiger partial charge in [0.2, 0.25) is 5.91 Å². The first-order valence-corrected chi connectivity index (χ1v) is 12.1. The lowest BCUT2D eigenvalue weighted by molar-refractivity contribution is -0.158. The van der Waals surface area contributed by atoms with Crippen molar-refractivity contribution in [1.82, 2.24) is 10.3 Å². The van der Waals surface area contributed by atoms with E-state index in [2.05, 4.69) is 15.6 Å². The predicted octanol–water partition coefficient (Wildman–Crippen LogP) is 5.21. The van der Waals surface area contributed by atoms with E-state index in [4.69, 9.17) is 10.5 Å². The van der Waals surface area contributed by atoms with Gasteiger partial charge < -0.3 is 21.1 Å². The Kier molecular flexibility index (Phi) is 12.9. The van der Waals surface area contributed by atoms with Gasteiger partial charge >= 0.3 is 5.97 Å². The summed E-state index contributed by atoms with van der Waals surface area (Å²) in [5, 5.41) is 8.53. The van der Waals surface area contributed by atoms with Crippen LogP contribution in [0.5, 0.6) is 0 Å². The number of amides is 1. The fraction of sp³-hybridized carbons (Fsp3) is 0.346. The molecule has 36 heavy (non-hydrogen) atoms. The molecule has 0 saturated heterocycles. The topological polar surface area (TPSA) is 106 Å². The number of ether oxygens (including phenoxy) is 1. The van der Waals surface area contributed by atoms with Crippen molar-refractivity contribution < 1.29 is 14.3 Å². The molecule has 1 atom stereocenters. The molecule has 0 saturated carbocycles. The van der Waals surface area contributed by atoms with Crippen LogP contribution in [-0.4, -0.2) is 29.9 Å². The average molecular weight is 554 g/mol. The van der Waals surface area contributed by atoms with Crippen molar-refractivity contribution in [3.63, 3.8) is 0 Å². The Hall–Kier alpha value is -2.65. The summed E-state index contributed by atoms with van der Waals surface area (Å²) in [5.74, 6) is -0.351. The zero-order chi connectivity index (χ0) is 24.6. The van der Waals surface area contributed by atoms with Crippen LogP contribution in [0, 0.1) is 5.41 Å². The standard InChI is InChI=1S/C26H32N4O3S.2ClH/c1-26(2,3)24(32)33-22(19-7-5-4-6-8-19)16-28-14-13-18-9-11-20(12-10-18)29-23(31)15-21-17-34-25(27)30-21;;/h4-12,17,22,28H,13-16H2,1-3H3,(H2,27,30)(H,29,31);2*1H/t22-;;/m0../s1. The van der Waals surface area contributed by atoms with E-state index in [1.54, 1.807) is 5.38 Å². The van der Waals surface area contributed by atoms with Crippen LogP contribution in [0.3, 0.4) is 0 Å². The highest BCUT2D eigenvalue weighted by atomic mass is 35.5. The Bertz CT molecular complexity index is 1090. The molecule has 196 valence electrons. The first-order chi connectivity index (χ1) is 16.2. The molecular formula is C26H34Cl2N4O3S. The summed E-state index contributed by atoms with van der Waals surface area (Å²) in [4.78, 5) is 28.7. The number of nitrogens with zero attached hydrogens (tertiary/aromatic N) is 1. The largest absolute Gasteiger partial charge is 0.456 e. The van der Waals surface area contributed by atoms with Crippen LogP contribution in [0.2, 0.25) is 0 Å². The number of esters is 1. The molecule has 0 aliphatic carbocycles. The fourth-order valence-corrected chi connectivity index (χ4v) is 3.76. The number of benzene rings is 2. The zero-order valence-electron chi connectivity index (χ0n) is 20.7. The van der Waals surface area contributed by atoms with Gasteiger partial charge in [0.25, 0.3) is 0 Å². The van der Waals surface area contributed by atoms with E-state index in [0.29, 0.717) is 17.4 Å². The van der Waals surface area contributed by atoms with Crippen LogP contribution in [0.25, 0.3) is 0 Å². The number of anilines is 2. The fourth-order valence-electron chi connectivity index (χ4n) is 3.20. The summed E-state index contributed by atoms with van der Waals surface area (Å²) in [7, 11) is 0. The maximum atomic E-state index is 12.4. The predicted molar refractivity (Wildman–Crippen MR) is 151 cm³/mol. The minimum absolute atomic E-state index is 0. The molecule has 1 heterocycles. The van der Waals surface area contributed by atoms with E-state index >= 15 is 0 Å². The molecule has 2 aromatic carbocycles. The molecule has 0 unspecified atom stereocenters. The number of aromatic nitrogens is 1. The van der Waals surface area contributed by atoms with E-state index in [1.807, 2.05) is 75.4 Å². The lowest BCUT2D eigenvalue weighted by Gasteiger charge is -2.24. The van der Waals surface area contributed by atoms with E-state index in [1.165, 1.54) is 11.3 Å². The molecule has 0 bridgehead atoms. The van der Waals surface area contributed by atoms with Crippen molar-refractivity contribution in [2.75, 3.05) is 24.1 Å². The van der Waals surface area contributed by atoms with Gasteiger partial charge in [-0.25, -0.2) is 4.98 Å². The maximum absolute atomic E-state index is 12.4. The van der Waals surface area contributed by atoms with Crippen molar-refractivity contribution in [3.8, 4) is 0 Å². The second kappa shape index (κ2) is 14.8. The molecule has 1 amide bonds. The third-order valence-corrected chi connectivity index (χ3v) is 5.82. The third kappa shape index (κ3) is 10.1. The molecule has 3 aromatic rings. The van der Waals surface area contributed by atoms with Crippen LogP contribution in [0.1, 0.15) is 43.7 Å². The number of hydrogen-bond donors (Lipinski definition) is 3. The van der Waals surface area contributed by atoms with Gasteiger partial charge in [-0.15, -0.1) is 36.2 Å². The van der Waals surface area contributed by atoms with Crippen LogP contribution in [-0.2, 0) is 27.2 Å². The molecule has 0 aliphatic rings. The Morgan fingerprint density at radius 3 is 2.31 bits per heavy atom. The Labute approximate surface area is 229 Å². The average Bonchev–Trinajstić information content (AvgIpc) is 3.21. The highest BCUT2D eigenvalue weighted by molar-refractivity contribution is 7.13. The summed E-state index contributed by atoms with van der Waals surface area (Å²) in [6.07, 6.45) is 0.654. The van der Waals surface area contributed by atoms with Crippen molar-refractivity contribution in [2.45, 2.75) is 39.7 Å². The van der Waals surface area contributed by atoms with Gasteiger partial charge in [-0.3, -0.25) is 9.59 Å². The second-order valence-electron chi connectivity index (χ2n) is 9.11. The molecule has 0 aliphatic heterocycles. The number of carbonyl (C=O) groups is 2.